The molecule has 2 rings (SSSR count). The second kappa shape index (κ2) is 2.82. The van der Waals surface area contributed by atoms with Crippen molar-refractivity contribution < 1.29 is 5.11 Å². The van der Waals surface area contributed by atoms with Gasteiger partial charge >= 0.3 is 0 Å². The minimum Gasteiger partial charge on any atom is -0.390 e. The van der Waals surface area contributed by atoms with Crippen LogP contribution in [-0.2, 0) is 6.42 Å². The Kier molecular flexibility index (Phi) is 2.00. The second-order valence-electron chi connectivity index (χ2n) is 5.05. The average molecular weight is 196 g/mol. The van der Waals surface area contributed by atoms with Crippen LogP contribution in [0.2, 0.25) is 0 Å². The van der Waals surface area contributed by atoms with Gasteiger partial charge in [-0.1, -0.05) is 13.8 Å². The maximum atomic E-state index is 10.1. The summed E-state index contributed by atoms with van der Waals surface area (Å²) < 4.78 is 0. The highest BCUT2D eigenvalue weighted by molar-refractivity contribution is 7.07. The molecule has 1 aliphatic carbocycles. The summed E-state index contributed by atoms with van der Waals surface area (Å²) in [5, 5.41) is 14.3. The van der Waals surface area contributed by atoms with E-state index in [2.05, 4.69) is 30.7 Å². The van der Waals surface area contributed by atoms with Crippen LogP contribution in [0.25, 0.3) is 0 Å². The molecule has 0 saturated heterocycles. The van der Waals surface area contributed by atoms with Gasteiger partial charge in [0.25, 0.3) is 0 Å². The minimum absolute atomic E-state index is 0.352. The highest BCUT2D eigenvalue weighted by Gasteiger charge is 2.47. The van der Waals surface area contributed by atoms with Crippen molar-refractivity contribution in [3.8, 4) is 0 Å². The van der Waals surface area contributed by atoms with Crippen LogP contribution >= 0.6 is 11.3 Å². The van der Waals surface area contributed by atoms with Gasteiger partial charge in [-0.15, -0.1) is 0 Å². The summed E-state index contributed by atoms with van der Waals surface area (Å²) in [5.41, 5.74) is 1.22. The van der Waals surface area contributed by atoms with Gasteiger partial charge < -0.3 is 5.11 Å². The van der Waals surface area contributed by atoms with Gasteiger partial charge in [0.1, 0.15) is 0 Å². The van der Waals surface area contributed by atoms with E-state index in [1.54, 1.807) is 11.3 Å². The molecule has 0 unspecified atom stereocenters. The van der Waals surface area contributed by atoms with Crippen LogP contribution in [0.3, 0.4) is 0 Å². The third kappa shape index (κ3) is 1.94. The quantitative estimate of drug-likeness (QED) is 0.771. The first kappa shape index (κ1) is 9.22. The Morgan fingerprint density at radius 2 is 2.15 bits per heavy atom. The van der Waals surface area contributed by atoms with Crippen LogP contribution in [0.4, 0.5) is 0 Å². The lowest BCUT2D eigenvalue weighted by Gasteiger charge is -2.49. The van der Waals surface area contributed by atoms with Crippen LogP contribution in [0, 0.1) is 5.41 Å². The first-order valence-corrected chi connectivity index (χ1v) is 5.67. The van der Waals surface area contributed by atoms with Gasteiger partial charge in [-0.25, -0.2) is 0 Å². The molecule has 1 aromatic rings. The standard InChI is InChI=1S/C11H16OS/c1-10(2)7-11(12,8-10)5-9-3-4-13-6-9/h3-4,6,12H,5,7-8H2,1-2H3. The van der Waals surface area contributed by atoms with E-state index in [9.17, 15) is 5.11 Å². The summed E-state index contributed by atoms with van der Waals surface area (Å²) in [4.78, 5) is 0. The molecule has 0 bridgehead atoms. The van der Waals surface area contributed by atoms with Crippen molar-refractivity contribution in [2.24, 2.45) is 5.41 Å². The lowest BCUT2D eigenvalue weighted by Crippen LogP contribution is -2.50. The zero-order valence-corrected chi connectivity index (χ0v) is 9.03. The van der Waals surface area contributed by atoms with Crippen LogP contribution in [0.1, 0.15) is 32.3 Å². The van der Waals surface area contributed by atoms with Gasteiger partial charge in [-0.05, 0) is 40.6 Å². The fourth-order valence-corrected chi connectivity index (χ4v) is 3.30. The third-order valence-corrected chi connectivity index (χ3v) is 3.46. The molecule has 2 heteroatoms. The van der Waals surface area contributed by atoms with Crippen molar-refractivity contribution in [1.82, 2.24) is 0 Å². The molecule has 1 aromatic heterocycles. The minimum atomic E-state index is -0.412. The molecule has 1 heterocycles. The van der Waals surface area contributed by atoms with Gasteiger partial charge in [0.2, 0.25) is 0 Å². The van der Waals surface area contributed by atoms with Gasteiger partial charge in [-0.3, -0.25) is 0 Å². The van der Waals surface area contributed by atoms with E-state index in [0.29, 0.717) is 5.41 Å². The molecule has 1 saturated carbocycles. The molecule has 0 aromatic carbocycles. The van der Waals surface area contributed by atoms with Gasteiger partial charge in [0, 0.05) is 6.42 Å². The lowest BCUT2D eigenvalue weighted by atomic mass is 9.60. The van der Waals surface area contributed by atoms with E-state index in [0.717, 1.165) is 19.3 Å². The molecule has 0 aliphatic heterocycles. The molecule has 1 N–H and O–H groups in total. The van der Waals surface area contributed by atoms with Crippen molar-refractivity contribution in [2.45, 2.75) is 38.7 Å². The highest BCUT2D eigenvalue weighted by atomic mass is 32.1. The Morgan fingerprint density at radius 3 is 2.62 bits per heavy atom. The largest absolute Gasteiger partial charge is 0.390 e. The van der Waals surface area contributed by atoms with E-state index < -0.39 is 5.60 Å². The normalized spacial score (nSPS) is 23.9. The van der Waals surface area contributed by atoms with Crippen LogP contribution in [0.5, 0.6) is 0 Å². The summed E-state index contributed by atoms with van der Waals surface area (Å²) >= 11 is 1.70. The maximum absolute atomic E-state index is 10.1. The number of hydrogen-bond donors (Lipinski definition) is 1. The molecule has 72 valence electrons. The van der Waals surface area contributed by atoms with E-state index in [1.165, 1.54) is 5.56 Å². The van der Waals surface area contributed by atoms with E-state index in [-0.39, 0.29) is 0 Å². The molecule has 1 aliphatic rings. The predicted octanol–water partition coefficient (Wildman–Crippen LogP) is 2.84. The van der Waals surface area contributed by atoms with Crippen molar-refractivity contribution in [3.63, 3.8) is 0 Å². The van der Waals surface area contributed by atoms with Crippen molar-refractivity contribution in [1.29, 1.82) is 0 Å². The number of aliphatic hydroxyl groups is 1. The first-order chi connectivity index (χ1) is 5.99. The Hall–Kier alpha value is -0.340. The van der Waals surface area contributed by atoms with Gasteiger partial charge in [-0.2, -0.15) is 11.3 Å². The molecular formula is C11H16OS. The summed E-state index contributed by atoms with van der Waals surface area (Å²) in [7, 11) is 0. The molecule has 0 radical (unpaired) electrons. The van der Waals surface area contributed by atoms with Crippen molar-refractivity contribution in [3.05, 3.63) is 22.4 Å². The maximum Gasteiger partial charge on any atom is 0.0698 e. The smallest absolute Gasteiger partial charge is 0.0698 e. The third-order valence-electron chi connectivity index (χ3n) is 2.73. The summed E-state index contributed by atoms with van der Waals surface area (Å²) in [6.45, 7) is 4.43. The van der Waals surface area contributed by atoms with Crippen molar-refractivity contribution >= 4 is 11.3 Å². The average Bonchev–Trinajstić information content (AvgIpc) is 2.33. The molecule has 1 fully saturated rings. The van der Waals surface area contributed by atoms with Crippen LogP contribution < -0.4 is 0 Å². The Bertz CT molecular complexity index is 279. The fraction of sp³-hybridized carbons (Fsp3) is 0.636. The van der Waals surface area contributed by atoms with E-state index in [4.69, 9.17) is 0 Å². The Morgan fingerprint density at radius 1 is 1.46 bits per heavy atom. The Balaban J connectivity index is 1.97. The summed E-state index contributed by atoms with van der Waals surface area (Å²) in [6.07, 6.45) is 2.71. The van der Waals surface area contributed by atoms with E-state index >= 15 is 0 Å². The Labute approximate surface area is 83.4 Å². The van der Waals surface area contributed by atoms with Gasteiger partial charge in [0.15, 0.2) is 0 Å². The first-order valence-electron chi connectivity index (χ1n) is 4.73. The molecule has 1 nitrogen and oxygen atoms in total. The van der Waals surface area contributed by atoms with Crippen LogP contribution in [-0.4, -0.2) is 10.7 Å². The zero-order chi connectivity index (χ0) is 9.53. The SMILES string of the molecule is CC1(C)CC(O)(Cc2ccsc2)C1. The molecular weight excluding hydrogens is 180 g/mol. The zero-order valence-electron chi connectivity index (χ0n) is 8.21. The molecule has 0 atom stereocenters. The van der Waals surface area contributed by atoms with Crippen molar-refractivity contribution in [2.75, 3.05) is 0 Å². The molecule has 0 spiro atoms. The predicted molar refractivity (Wildman–Crippen MR) is 56.0 cm³/mol. The number of hydrogen-bond acceptors (Lipinski definition) is 2. The summed E-state index contributed by atoms with van der Waals surface area (Å²) in [5.74, 6) is 0. The van der Waals surface area contributed by atoms with E-state index in [1.807, 2.05) is 0 Å². The molecule has 13 heavy (non-hydrogen) atoms. The topological polar surface area (TPSA) is 20.2 Å². The number of thiophene rings is 1. The monoisotopic (exact) mass is 196 g/mol. The van der Waals surface area contributed by atoms with Gasteiger partial charge in [0.05, 0.1) is 5.60 Å². The molecule has 0 amide bonds. The lowest BCUT2D eigenvalue weighted by molar-refractivity contribution is -0.111. The van der Waals surface area contributed by atoms with Crippen LogP contribution in [0.15, 0.2) is 16.8 Å². The highest BCUT2D eigenvalue weighted by Crippen LogP contribution is 2.49. The summed E-state index contributed by atoms with van der Waals surface area (Å²) in [6, 6.07) is 2.11. The number of rotatable bonds is 2. The second-order valence-corrected chi connectivity index (χ2v) is 5.83. The fourth-order valence-electron chi connectivity index (χ4n) is 2.63.